The minimum atomic E-state index is -0.331. The standard InChI is InChI=1S/C16H20FN3O2/c1-22-16-12(4-2-5-15(16)17)9-19-6-3-7-20-14(10-19)8-13(11-21)18-20/h2,4-5,8,21H,3,6-7,9-11H2,1H3. The first kappa shape index (κ1) is 15.0. The van der Waals surface area contributed by atoms with Gasteiger partial charge in [-0.15, -0.1) is 0 Å². The van der Waals surface area contributed by atoms with E-state index in [4.69, 9.17) is 4.74 Å². The van der Waals surface area contributed by atoms with Gasteiger partial charge in [0, 0.05) is 31.7 Å². The van der Waals surface area contributed by atoms with Crippen LogP contribution in [-0.4, -0.2) is 33.4 Å². The lowest BCUT2D eigenvalue weighted by molar-refractivity contribution is 0.254. The minimum absolute atomic E-state index is 0.0439. The number of halogens is 1. The number of methoxy groups -OCH3 is 1. The van der Waals surface area contributed by atoms with Gasteiger partial charge in [0.05, 0.1) is 25.1 Å². The zero-order valence-electron chi connectivity index (χ0n) is 12.6. The van der Waals surface area contributed by atoms with Crippen molar-refractivity contribution in [1.82, 2.24) is 14.7 Å². The number of aromatic nitrogens is 2. The summed E-state index contributed by atoms with van der Waals surface area (Å²) in [6.07, 6.45) is 0.969. The molecule has 0 saturated heterocycles. The molecule has 0 aliphatic carbocycles. The number of nitrogens with zero attached hydrogens (tertiary/aromatic N) is 3. The second-order valence-corrected chi connectivity index (χ2v) is 5.50. The summed E-state index contributed by atoms with van der Waals surface area (Å²) >= 11 is 0. The van der Waals surface area contributed by atoms with Gasteiger partial charge in [0.2, 0.25) is 0 Å². The largest absolute Gasteiger partial charge is 0.493 e. The Labute approximate surface area is 128 Å². The molecule has 6 heteroatoms. The quantitative estimate of drug-likeness (QED) is 0.938. The Bertz CT molecular complexity index is 657. The fourth-order valence-corrected chi connectivity index (χ4v) is 2.95. The summed E-state index contributed by atoms with van der Waals surface area (Å²) in [5, 5.41) is 13.6. The molecule has 1 aromatic heterocycles. The van der Waals surface area contributed by atoms with E-state index in [0.717, 1.165) is 37.3 Å². The Hall–Kier alpha value is -1.92. The molecular weight excluding hydrogens is 285 g/mol. The molecule has 5 nitrogen and oxygen atoms in total. The molecule has 1 aliphatic rings. The molecule has 22 heavy (non-hydrogen) atoms. The molecule has 0 unspecified atom stereocenters. The van der Waals surface area contributed by atoms with Crippen molar-refractivity contribution in [3.05, 3.63) is 47.0 Å². The van der Waals surface area contributed by atoms with E-state index >= 15 is 0 Å². The first-order chi connectivity index (χ1) is 10.7. The molecule has 3 rings (SSSR count). The highest BCUT2D eigenvalue weighted by Crippen LogP contribution is 2.25. The van der Waals surface area contributed by atoms with Crippen LogP contribution in [-0.2, 0) is 26.2 Å². The highest BCUT2D eigenvalue weighted by molar-refractivity contribution is 5.34. The maximum absolute atomic E-state index is 13.8. The summed E-state index contributed by atoms with van der Waals surface area (Å²) in [4.78, 5) is 2.25. The lowest BCUT2D eigenvalue weighted by Gasteiger charge is -2.21. The Balaban J connectivity index is 1.80. The van der Waals surface area contributed by atoms with Crippen LogP contribution >= 0.6 is 0 Å². The van der Waals surface area contributed by atoms with Crippen LogP contribution in [0.5, 0.6) is 5.75 Å². The summed E-state index contributed by atoms with van der Waals surface area (Å²) in [5.41, 5.74) is 2.62. The van der Waals surface area contributed by atoms with Crippen LogP contribution in [0.4, 0.5) is 4.39 Å². The van der Waals surface area contributed by atoms with Gasteiger partial charge in [-0.1, -0.05) is 12.1 Å². The van der Waals surface area contributed by atoms with Crippen molar-refractivity contribution in [2.45, 2.75) is 32.7 Å². The van der Waals surface area contributed by atoms with Crippen molar-refractivity contribution in [3.8, 4) is 5.75 Å². The summed E-state index contributed by atoms with van der Waals surface area (Å²) < 4.78 is 20.9. The van der Waals surface area contributed by atoms with Crippen LogP contribution in [0.1, 0.15) is 23.4 Å². The van der Waals surface area contributed by atoms with Crippen molar-refractivity contribution in [3.63, 3.8) is 0 Å². The topological polar surface area (TPSA) is 50.5 Å². The molecule has 2 aromatic rings. The number of benzene rings is 1. The molecule has 0 atom stereocenters. The average Bonchev–Trinajstić information content (AvgIpc) is 2.80. The number of aryl methyl sites for hydroxylation is 1. The first-order valence-corrected chi connectivity index (χ1v) is 7.41. The van der Waals surface area contributed by atoms with Crippen molar-refractivity contribution in [1.29, 1.82) is 0 Å². The van der Waals surface area contributed by atoms with Gasteiger partial charge in [-0.05, 0) is 18.6 Å². The summed E-state index contributed by atoms with van der Waals surface area (Å²) in [6, 6.07) is 6.94. The fourth-order valence-electron chi connectivity index (χ4n) is 2.95. The van der Waals surface area contributed by atoms with E-state index in [2.05, 4.69) is 10.00 Å². The van der Waals surface area contributed by atoms with Crippen molar-refractivity contribution >= 4 is 0 Å². The molecule has 0 fully saturated rings. The Morgan fingerprint density at radius 2 is 2.23 bits per heavy atom. The molecule has 1 aromatic carbocycles. The average molecular weight is 305 g/mol. The Morgan fingerprint density at radius 1 is 1.36 bits per heavy atom. The number of hydrogen-bond donors (Lipinski definition) is 1. The van der Waals surface area contributed by atoms with Gasteiger partial charge >= 0.3 is 0 Å². The van der Waals surface area contributed by atoms with Crippen molar-refractivity contribution in [2.24, 2.45) is 0 Å². The van der Waals surface area contributed by atoms with Crippen LogP contribution in [0.2, 0.25) is 0 Å². The maximum atomic E-state index is 13.8. The predicted molar refractivity (Wildman–Crippen MR) is 79.8 cm³/mol. The minimum Gasteiger partial charge on any atom is -0.493 e. The van der Waals surface area contributed by atoms with Crippen LogP contribution in [0.15, 0.2) is 24.3 Å². The third kappa shape index (κ3) is 2.98. The van der Waals surface area contributed by atoms with Crippen LogP contribution in [0.25, 0.3) is 0 Å². The molecular formula is C16H20FN3O2. The van der Waals surface area contributed by atoms with Crippen molar-refractivity contribution < 1.29 is 14.2 Å². The monoisotopic (exact) mass is 305 g/mol. The number of aliphatic hydroxyl groups excluding tert-OH is 1. The van der Waals surface area contributed by atoms with Gasteiger partial charge in [-0.3, -0.25) is 9.58 Å². The fraction of sp³-hybridized carbons (Fsp3) is 0.438. The van der Waals surface area contributed by atoms with Gasteiger partial charge in [0.1, 0.15) is 0 Å². The molecule has 0 spiro atoms. The van der Waals surface area contributed by atoms with E-state index in [0.29, 0.717) is 18.0 Å². The van der Waals surface area contributed by atoms with E-state index in [-0.39, 0.29) is 12.4 Å². The SMILES string of the molecule is COc1c(F)cccc1CN1CCCn2nc(CO)cc2C1. The molecule has 0 bridgehead atoms. The molecule has 1 N–H and O–H groups in total. The Kier molecular flexibility index (Phi) is 4.40. The third-order valence-corrected chi connectivity index (χ3v) is 3.95. The van der Waals surface area contributed by atoms with E-state index < -0.39 is 0 Å². The van der Waals surface area contributed by atoms with Gasteiger partial charge < -0.3 is 9.84 Å². The number of fused-ring (bicyclic) bond motifs is 1. The first-order valence-electron chi connectivity index (χ1n) is 7.41. The van der Waals surface area contributed by atoms with Gasteiger partial charge in [0.15, 0.2) is 11.6 Å². The van der Waals surface area contributed by atoms with E-state index in [1.165, 1.54) is 13.2 Å². The van der Waals surface area contributed by atoms with E-state index in [9.17, 15) is 9.50 Å². The maximum Gasteiger partial charge on any atom is 0.165 e. The highest BCUT2D eigenvalue weighted by atomic mass is 19.1. The van der Waals surface area contributed by atoms with Crippen LogP contribution < -0.4 is 4.74 Å². The van der Waals surface area contributed by atoms with Gasteiger partial charge in [0.25, 0.3) is 0 Å². The van der Waals surface area contributed by atoms with Crippen LogP contribution in [0, 0.1) is 5.82 Å². The molecule has 118 valence electrons. The number of para-hydroxylation sites is 1. The molecule has 0 amide bonds. The van der Waals surface area contributed by atoms with E-state index in [1.807, 2.05) is 16.8 Å². The number of ether oxygens (including phenoxy) is 1. The molecule has 0 saturated carbocycles. The van der Waals surface area contributed by atoms with Gasteiger partial charge in [-0.25, -0.2) is 4.39 Å². The number of aliphatic hydroxyl groups is 1. The second-order valence-electron chi connectivity index (χ2n) is 5.50. The number of rotatable bonds is 4. The second kappa shape index (κ2) is 6.46. The smallest absolute Gasteiger partial charge is 0.165 e. The van der Waals surface area contributed by atoms with E-state index in [1.54, 1.807) is 6.07 Å². The lowest BCUT2D eigenvalue weighted by Crippen LogP contribution is -2.23. The molecule has 2 heterocycles. The predicted octanol–water partition coefficient (Wildman–Crippen LogP) is 1.93. The molecule has 1 aliphatic heterocycles. The summed E-state index contributed by atoms with van der Waals surface area (Å²) in [7, 11) is 1.49. The summed E-state index contributed by atoms with van der Waals surface area (Å²) in [6.45, 7) is 3.06. The van der Waals surface area contributed by atoms with Crippen LogP contribution in [0.3, 0.4) is 0 Å². The summed E-state index contributed by atoms with van der Waals surface area (Å²) in [5.74, 6) is -0.0151. The zero-order chi connectivity index (χ0) is 15.5. The van der Waals surface area contributed by atoms with Crippen molar-refractivity contribution in [2.75, 3.05) is 13.7 Å². The highest BCUT2D eigenvalue weighted by Gasteiger charge is 2.18. The lowest BCUT2D eigenvalue weighted by atomic mass is 10.1. The van der Waals surface area contributed by atoms with Gasteiger partial charge in [-0.2, -0.15) is 5.10 Å². The zero-order valence-corrected chi connectivity index (χ0v) is 12.6. The molecule has 0 radical (unpaired) electrons. The Morgan fingerprint density at radius 3 is 3.00 bits per heavy atom. The number of hydrogen-bond acceptors (Lipinski definition) is 4. The third-order valence-electron chi connectivity index (χ3n) is 3.95. The normalized spacial score (nSPS) is 15.4.